The van der Waals surface area contributed by atoms with Crippen molar-refractivity contribution in [3.8, 4) is 0 Å². The van der Waals surface area contributed by atoms with Crippen LogP contribution in [0.4, 0.5) is 0 Å². The van der Waals surface area contributed by atoms with Gasteiger partial charge in [-0.3, -0.25) is 15.6 Å². The van der Waals surface area contributed by atoms with E-state index >= 15 is 0 Å². The molecule has 5 heteroatoms. The molecule has 152 valence electrons. The molecule has 1 amide bonds. The van der Waals surface area contributed by atoms with Gasteiger partial charge < -0.3 is 10.2 Å². The third-order valence-electron chi connectivity index (χ3n) is 6.99. The highest BCUT2D eigenvalue weighted by molar-refractivity contribution is 5.82. The van der Waals surface area contributed by atoms with Crippen LogP contribution in [0, 0.1) is 5.92 Å². The van der Waals surface area contributed by atoms with E-state index in [-0.39, 0.29) is 11.9 Å². The number of benzene rings is 2. The van der Waals surface area contributed by atoms with E-state index in [1.165, 1.54) is 16.7 Å². The van der Waals surface area contributed by atoms with Gasteiger partial charge in [-0.2, -0.15) is 0 Å². The zero-order valence-electron chi connectivity index (χ0n) is 16.8. The molecule has 2 aromatic carbocycles. The van der Waals surface area contributed by atoms with Crippen molar-refractivity contribution in [3.05, 3.63) is 71.3 Å². The average molecular weight is 391 g/mol. The number of carbonyl (C=O) groups excluding carboxylic acids is 1. The summed E-state index contributed by atoms with van der Waals surface area (Å²) in [6.45, 7) is 3.49. The SMILES string of the molecule is O=C([C@H]1Cc2ccccc2CN1)N1CCC(C2NNCC2c2ccccc2)CC1. The zero-order chi connectivity index (χ0) is 19.6. The molecule has 0 spiro atoms. The van der Waals surface area contributed by atoms with Crippen LogP contribution < -0.4 is 16.2 Å². The van der Waals surface area contributed by atoms with E-state index in [0.717, 1.165) is 45.4 Å². The smallest absolute Gasteiger partial charge is 0.240 e. The number of nitrogens with one attached hydrogen (secondary N) is 3. The fourth-order valence-corrected chi connectivity index (χ4v) is 5.31. The summed E-state index contributed by atoms with van der Waals surface area (Å²) in [4.78, 5) is 15.2. The van der Waals surface area contributed by atoms with E-state index in [1.54, 1.807) is 0 Å². The van der Waals surface area contributed by atoms with Gasteiger partial charge in [-0.05, 0) is 41.9 Å². The molecule has 0 radical (unpaired) electrons. The Morgan fingerprint density at radius 1 is 0.931 bits per heavy atom. The standard InChI is InChI=1S/C24H30N4O/c29-24(22-14-19-8-4-5-9-20(19)15-25-22)28-12-10-18(11-13-28)23-21(16-26-27-23)17-6-2-1-3-7-17/h1-9,18,21-23,25-27H,10-16H2/t21?,22-,23?/m1/s1. The van der Waals surface area contributed by atoms with E-state index in [2.05, 4.69) is 75.7 Å². The number of fused-ring (bicyclic) bond motifs is 1. The fourth-order valence-electron chi connectivity index (χ4n) is 5.31. The molecule has 3 atom stereocenters. The number of likely N-dealkylation sites (tertiary alicyclic amines) is 1. The summed E-state index contributed by atoms with van der Waals surface area (Å²) in [5.74, 6) is 1.37. The lowest BCUT2D eigenvalue weighted by Gasteiger charge is -2.38. The Balaban J connectivity index is 1.19. The Morgan fingerprint density at radius 2 is 1.66 bits per heavy atom. The van der Waals surface area contributed by atoms with Gasteiger partial charge in [0.15, 0.2) is 0 Å². The van der Waals surface area contributed by atoms with Gasteiger partial charge in [-0.15, -0.1) is 0 Å². The number of amides is 1. The molecule has 5 nitrogen and oxygen atoms in total. The van der Waals surface area contributed by atoms with E-state index < -0.39 is 0 Å². The predicted octanol–water partition coefficient (Wildman–Crippen LogP) is 2.20. The second-order valence-corrected chi connectivity index (χ2v) is 8.64. The Bertz CT molecular complexity index is 847. The monoisotopic (exact) mass is 390 g/mol. The van der Waals surface area contributed by atoms with Crippen LogP contribution >= 0.6 is 0 Å². The van der Waals surface area contributed by atoms with Gasteiger partial charge in [0.25, 0.3) is 0 Å². The molecule has 0 aromatic heterocycles. The van der Waals surface area contributed by atoms with Crippen molar-refractivity contribution in [1.29, 1.82) is 0 Å². The number of hydrogen-bond donors (Lipinski definition) is 3. The number of hydrogen-bond acceptors (Lipinski definition) is 4. The third-order valence-corrected chi connectivity index (χ3v) is 6.99. The maximum Gasteiger partial charge on any atom is 0.240 e. The summed E-state index contributed by atoms with van der Waals surface area (Å²) < 4.78 is 0. The summed E-state index contributed by atoms with van der Waals surface area (Å²) in [5, 5.41) is 3.45. The van der Waals surface area contributed by atoms with Crippen LogP contribution in [0.25, 0.3) is 0 Å². The van der Waals surface area contributed by atoms with Crippen molar-refractivity contribution in [2.24, 2.45) is 5.92 Å². The van der Waals surface area contributed by atoms with Crippen LogP contribution in [0.3, 0.4) is 0 Å². The van der Waals surface area contributed by atoms with E-state index in [9.17, 15) is 4.79 Å². The van der Waals surface area contributed by atoms with Gasteiger partial charge in [0.2, 0.25) is 5.91 Å². The molecule has 0 bridgehead atoms. The summed E-state index contributed by atoms with van der Waals surface area (Å²) >= 11 is 0. The predicted molar refractivity (Wildman–Crippen MR) is 114 cm³/mol. The van der Waals surface area contributed by atoms with Crippen LogP contribution in [0.1, 0.15) is 35.4 Å². The van der Waals surface area contributed by atoms with Crippen LogP contribution in [0.2, 0.25) is 0 Å². The van der Waals surface area contributed by atoms with Gasteiger partial charge in [-0.1, -0.05) is 54.6 Å². The lowest BCUT2D eigenvalue weighted by Crippen LogP contribution is -2.53. The largest absolute Gasteiger partial charge is 0.341 e. The summed E-state index contributed by atoms with van der Waals surface area (Å²) in [6.07, 6.45) is 2.94. The van der Waals surface area contributed by atoms with Crippen molar-refractivity contribution in [2.75, 3.05) is 19.6 Å². The minimum absolute atomic E-state index is 0.0789. The second kappa shape index (κ2) is 8.27. The maximum absolute atomic E-state index is 13.1. The minimum Gasteiger partial charge on any atom is -0.341 e. The molecule has 29 heavy (non-hydrogen) atoms. The number of rotatable bonds is 3. The normalized spacial score (nSPS) is 27.6. The van der Waals surface area contributed by atoms with Gasteiger partial charge in [0.1, 0.15) is 0 Å². The Morgan fingerprint density at radius 3 is 2.45 bits per heavy atom. The topological polar surface area (TPSA) is 56.4 Å². The quantitative estimate of drug-likeness (QED) is 0.752. The number of carbonyl (C=O) groups is 1. The molecule has 3 N–H and O–H groups in total. The fraction of sp³-hybridized carbons (Fsp3) is 0.458. The molecule has 2 saturated heterocycles. The molecule has 2 aromatic rings. The van der Waals surface area contributed by atoms with Gasteiger partial charge in [0, 0.05) is 38.1 Å². The number of nitrogens with zero attached hydrogens (tertiary/aromatic N) is 1. The Kier molecular flexibility index (Phi) is 5.36. The first-order valence-electron chi connectivity index (χ1n) is 10.9. The van der Waals surface area contributed by atoms with Crippen LogP contribution in [-0.4, -0.2) is 42.5 Å². The summed E-state index contributed by atoms with van der Waals surface area (Å²) in [5.41, 5.74) is 10.9. The minimum atomic E-state index is -0.0789. The highest BCUT2D eigenvalue weighted by Crippen LogP contribution is 2.32. The van der Waals surface area contributed by atoms with Crippen molar-refractivity contribution >= 4 is 5.91 Å². The average Bonchev–Trinajstić information content (AvgIpc) is 3.29. The second-order valence-electron chi connectivity index (χ2n) is 8.64. The lowest BCUT2D eigenvalue weighted by atomic mass is 9.80. The molecule has 0 aliphatic carbocycles. The molecule has 3 aliphatic heterocycles. The molecule has 2 unspecified atom stereocenters. The van der Waals surface area contributed by atoms with Crippen molar-refractivity contribution in [2.45, 2.75) is 43.8 Å². The first kappa shape index (κ1) is 18.8. The van der Waals surface area contributed by atoms with E-state index in [1.807, 2.05) is 0 Å². The molecular formula is C24H30N4O. The van der Waals surface area contributed by atoms with Crippen molar-refractivity contribution in [3.63, 3.8) is 0 Å². The van der Waals surface area contributed by atoms with Gasteiger partial charge in [-0.25, -0.2) is 0 Å². The van der Waals surface area contributed by atoms with E-state index in [4.69, 9.17) is 0 Å². The summed E-state index contributed by atoms with van der Waals surface area (Å²) in [7, 11) is 0. The zero-order valence-corrected chi connectivity index (χ0v) is 16.8. The lowest BCUT2D eigenvalue weighted by molar-refractivity contribution is -0.135. The number of hydrazine groups is 1. The third kappa shape index (κ3) is 3.82. The van der Waals surface area contributed by atoms with Crippen molar-refractivity contribution in [1.82, 2.24) is 21.1 Å². The summed E-state index contributed by atoms with van der Waals surface area (Å²) in [6, 6.07) is 19.6. The Hall–Kier alpha value is -2.21. The molecule has 2 fully saturated rings. The molecule has 0 saturated carbocycles. The molecule has 5 rings (SSSR count). The molecule has 3 aliphatic rings. The van der Waals surface area contributed by atoms with Crippen LogP contribution in [0.15, 0.2) is 54.6 Å². The highest BCUT2D eigenvalue weighted by atomic mass is 16.2. The van der Waals surface area contributed by atoms with E-state index in [0.29, 0.717) is 17.9 Å². The Labute approximate surface area is 172 Å². The van der Waals surface area contributed by atoms with Gasteiger partial charge >= 0.3 is 0 Å². The molecule has 3 heterocycles. The first-order valence-corrected chi connectivity index (χ1v) is 10.9. The van der Waals surface area contributed by atoms with Crippen LogP contribution in [-0.2, 0) is 17.8 Å². The highest BCUT2D eigenvalue weighted by Gasteiger charge is 2.38. The van der Waals surface area contributed by atoms with Crippen LogP contribution in [0.5, 0.6) is 0 Å². The van der Waals surface area contributed by atoms with Gasteiger partial charge in [0.05, 0.1) is 6.04 Å². The molecular weight excluding hydrogens is 360 g/mol. The maximum atomic E-state index is 13.1. The number of piperidine rings is 1. The first-order chi connectivity index (χ1) is 14.3. The van der Waals surface area contributed by atoms with Crippen molar-refractivity contribution < 1.29 is 4.79 Å².